The molecule has 2 aliphatic heterocycles. The Morgan fingerprint density at radius 1 is 1.27 bits per heavy atom. The number of benzene rings is 1. The molecule has 1 fully saturated rings. The predicted molar refractivity (Wildman–Crippen MR) is 106 cm³/mol. The van der Waals surface area contributed by atoms with E-state index in [4.69, 9.17) is 9.47 Å². The van der Waals surface area contributed by atoms with Crippen molar-refractivity contribution >= 4 is 17.5 Å². The first-order chi connectivity index (χ1) is 14.3. The number of nitrogens with one attached hydrogen (secondary N) is 1. The van der Waals surface area contributed by atoms with Crippen molar-refractivity contribution in [1.29, 1.82) is 0 Å². The van der Waals surface area contributed by atoms with Crippen molar-refractivity contribution in [3.63, 3.8) is 0 Å². The van der Waals surface area contributed by atoms with Crippen LogP contribution in [0.4, 0.5) is 0 Å². The highest BCUT2D eigenvalue weighted by molar-refractivity contribution is 6.23. The minimum absolute atomic E-state index is 0.0484. The smallest absolute Gasteiger partial charge is 0.278 e. The molecule has 1 aromatic rings. The number of ketones is 2. The van der Waals surface area contributed by atoms with Gasteiger partial charge in [-0.3, -0.25) is 14.4 Å². The van der Waals surface area contributed by atoms with Gasteiger partial charge in [-0.05, 0) is 13.3 Å². The normalized spacial score (nSPS) is 29.3. The van der Waals surface area contributed by atoms with Crippen molar-refractivity contribution < 1.29 is 34.1 Å². The maximum absolute atomic E-state index is 13.1. The van der Waals surface area contributed by atoms with E-state index in [1.165, 1.54) is 19.1 Å². The second-order valence-corrected chi connectivity index (χ2v) is 7.66. The van der Waals surface area contributed by atoms with E-state index in [-0.39, 0.29) is 16.9 Å². The first-order valence-corrected chi connectivity index (χ1v) is 10.0. The molecule has 1 aromatic carbocycles. The molecule has 3 rings (SSSR count). The first kappa shape index (κ1) is 22.1. The lowest BCUT2D eigenvalue weighted by Gasteiger charge is -2.32. The molecule has 0 aliphatic carbocycles. The van der Waals surface area contributed by atoms with Gasteiger partial charge in [0.25, 0.3) is 11.5 Å². The molecule has 0 aromatic heterocycles. The van der Waals surface area contributed by atoms with E-state index < -0.39 is 41.0 Å². The summed E-state index contributed by atoms with van der Waals surface area (Å²) < 4.78 is 11.0. The van der Waals surface area contributed by atoms with Gasteiger partial charge in [0.1, 0.15) is 11.9 Å². The van der Waals surface area contributed by atoms with Gasteiger partial charge in [0.2, 0.25) is 17.3 Å². The Bertz CT molecular complexity index is 881. The molecule has 0 unspecified atom stereocenters. The number of aliphatic hydroxyl groups excluding tert-OH is 2. The summed E-state index contributed by atoms with van der Waals surface area (Å²) in [5.41, 5.74) is -4.35. The quantitative estimate of drug-likeness (QED) is 0.331. The van der Waals surface area contributed by atoms with E-state index in [1.54, 1.807) is 18.2 Å². The van der Waals surface area contributed by atoms with E-state index in [0.717, 1.165) is 20.0 Å². The van der Waals surface area contributed by atoms with Crippen LogP contribution in [0.2, 0.25) is 0 Å². The summed E-state index contributed by atoms with van der Waals surface area (Å²) in [7, 11) is 1.16. The third-order valence-electron chi connectivity index (χ3n) is 5.80. The fraction of sp³-hybridized carbons (Fsp3) is 0.500. The topological polar surface area (TPSA) is 122 Å². The Morgan fingerprint density at radius 3 is 2.53 bits per heavy atom. The second-order valence-electron chi connectivity index (χ2n) is 7.66. The van der Waals surface area contributed by atoms with Gasteiger partial charge in [0.15, 0.2) is 6.10 Å². The van der Waals surface area contributed by atoms with Crippen LogP contribution in [0.15, 0.2) is 41.7 Å². The predicted octanol–water partition coefficient (Wildman–Crippen LogP) is 1.26. The standard InChI is InChI=1S/C22H27NO7/c1-4-5-7-12-15(24)16-13(2)17(25)21(30-16)19(27)22(29-3,23-20(21)28)18(26)14-10-8-6-9-11-14/h6,8-11,15,19,24,27H,4-5,7,12H2,1-3H3,(H,23,28)/t15-,19-,21+,22-/m0/s1. The molecule has 1 saturated heterocycles. The molecule has 1 spiro atoms. The maximum atomic E-state index is 13.1. The highest BCUT2D eigenvalue weighted by Crippen LogP contribution is 2.44. The molecular weight excluding hydrogens is 390 g/mol. The van der Waals surface area contributed by atoms with Gasteiger partial charge < -0.3 is 25.0 Å². The molecule has 0 bridgehead atoms. The Kier molecular flexibility index (Phi) is 6.12. The summed E-state index contributed by atoms with van der Waals surface area (Å²) in [6.45, 7) is 3.45. The number of methoxy groups -OCH3 is 1. The van der Waals surface area contributed by atoms with Gasteiger partial charge in [-0.15, -0.1) is 0 Å². The molecule has 8 nitrogen and oxygen atoms in total. The number of aliphatic hydroxyl groups is 2. The van der Waals surface area contributed by atoms with Gasteiger partial charge in [0.05, 0.1) is 0 Å². The summed E-state index contributed by atoms with van der Waals surface area (Å²) in [5, 5.41) is 24.0. The Balaban J connectivity index is 1.94. The van der Waals surface area contributed by atoms with Crippen LogP contribution in [0.25, 0.3) is 0 Å². The van der Waals surface area contributed by atoms with E-state index in [2.05, 4.69) is 5.32 Å². The number of ether oxygens (including phenoxy) is 2. The van der Waals surface area contributed by atoms with Crippen molar-refractivity contribution in [1.82, 2.24) is 5.32 Å². The fourth-order valence-corrected chi connectivity index (χ4v) is 4.03. The van der Waals surface area contributed by atoms with Crippen molar-refractivity contribution in [3.8, 4) is 0 Å². The van der Waals surface area contributed by atoms with Crippen LogP contribution in [-0.2, 0) is 19.1 Å². The zero-order valence-electron chi connectivity index (χ0n) is 17.3. The number of carbonyl (C=O) groups is 3. The van der Waals surface area contributed by atoms with Crippen LogP contribution in [0.1, 0.15) is 49.9 Å². The van der Waals surface area contributed by atoms with Crippen molar-refractivity contribution in [3.05, 3.63) is 47.2 Å². The van der Waals surface area contributed by atoms with E-state index in [0.29, 0.717) is 12.8 Å². The summed E-state index contributed by atoms with van der Waals surface area (Å²) >= 11 is 0. The van der Waals surface area contributed by atoms with Crippen LogP contribution in [-0.4, -0.2) is 58.3 Å². The monoisotopic (exact) mass is 417 g/mol. The summed E-state index contributed by atoms with van der Waals surface area (Å²) in [4.78, 5) is 39.2. The Morgan fingerprint density at radius 2 is 1.93 bits per heavy atom. The molecule has 2 heterocycles. The van der Waals surface area contributed by atoms with Crippen molar-refractivity contribution in [2.24, 2.45) is 0 Å². The molecule has 8 heteroatoms. The average molecular weight is 417 g/mol. The van der Waals surface area contributed by atoms with Crippen LogP contribution >= 0.6 is 0 Å². The minimum atomic E-state index is -2.38. The number of rotatable bonds is 8. The Hall–Kier alpha value is -2.55. The third-order valence-corrected chi connectivity index (χ3v) is 5.80. The van der Waals surface area contributed by atoms with Crippen LogP contribution in [0.5, 0.6) is 0 Å². The van der Waals surface area contributed by atoms with Crippen LogP contribution < -0.4 is 5.32 Å². The number of Topliss-reactive ketones (excluding diaryl/α,β-unsaturated/α-hetero) is 2. The SMILES string of the molecule is CCCCC[C@H](O)C1=C(C)C(=O)[C@]2(O1)C(=O)N[C@](OC)(C(=O)c1ccccc1)[C@H]2O. The van der Waals surface area contributed by atoms with Gasteiger partial charge in [0, 0.05) is 18.2 Å². The number of carbonyl (C=O) groups excluding carboxylic acids is 3. The number of hydrogen-bond acceptors (Lipinski definition) is 7. The number of unbranched alkanes of at least 4 members (excludes halogenated alkanes) is 2. The lowest BCUT2D eigenvalue weighted by molar-refractivity contribution is -0.162. The molecule has 2 aliphatic rings. The Labute approximate surface area is 174 Å². The lowest BCUT2D eigenvalue weighted by atomic mass is 9.85. The molecule has 1 amide bonds. The second kappa shape index (κ2) is 8.29. The number of amides is 1. The first-order valence-electron chi connectivity index (χ1n) is 10.0. The largest absolute Gasteiger partial charge is 0.467 e. The number of hydrogen-bond donors (Lipinski definition) is 3. The van der Waals surface area contributed by atoms with Gasteiger partial charge >= 0.3 is 0 Å². The van der Waals surface area contributed by atoms with Gasteiger partial charge in [-0.2, -0.15) is 0 Å². The molecule has 3 N–H and O–H groups in total. The molecule has 30 heavy (non-hydrogen) atoms. The molecule has 162 valence electrons. The molecule has 0 radical (unpaired) electrons. The third kappa shape index (κ3) is 3.15. The zero-order chi connectivity index (χ0) is 22.1. The maximum Gasteiger partial charge on any atom is 0.278 e. The van der Waals surface area contributed by atoms with E-state index in [9.17, 15) is 24.6 Å². The molecule has 0 saturated carbocycles. The highest BCUT2D eigenvalue weighted by atomic mass is 16.6. The van der Waals surface area contributed by atoms with Gasteiger partial charge in [-0.1, -0.05) is 56.5 Å². The van der Waals surface area contributed by atoms with Gasteiger partial charge in [-0.25, -0.2) is 0 Å². The lowest BCUT2D eigenvalue weighted by Crippen LogP contribution is -2.60. The summed E-state index contributed by atoms with van der Waals surface area (Å²) in [6.07, 6.45) is -0.153. The zero-order valence-corrected chi connectivity index (χ0v) is 17.3. The molecular formula is C22H27NO7. The summed E-state index contributed by atoms with van der Waals surface area (Å²) in [5.74, 6) is -2.54. The highest BCUT2D eigenvalue weighted by Gasteiger charge is 2.74. The average Bonchev–Trinajstić information content (AvgIpc) is 3.15. The van der Waals surface area contributed by atoms with Crippen molar-refractivity contribution in [2.45, 2.75) is 63.1 Å². The van der Waals surface area contributed by atoms with Crippen molar-refractivity contribution in [2.75, 3.05) is 7.11 Å². The summed E-state index contributed by atoms with van der Waals surface area (Å²) in [6, 6.07) is 7.99. The van der Waals surface area contributed by atoms with E-state index >= 15 is 0 Å². The van der Waals surface area contributed by atoms with Crippen LogP contribution in [0.3, 0.4) is 0 Å². The molecule has 4 atom stereocenters. The van der Waals surface area contributed by atoms with Crippen LogP contribution in [0, 0.1) is 0 Å². The minimum Gasteiger partial charge on any atom is -0.467 e. The van der Waals surface area contributed by atoms with E-state index in [1.807, 2.05) is 6.92 Å². The fourth-order valence-electron chi connectivity index (χ4n) is 4.03.